The molecule has 0 unspecified atom stereocenters. The van der Waals surface area contributed by atoms with E-state index in [0.717, 1.165) is 35.0 Å². The first-order chi connectivity index (χ1) is 9.52. The summed E-state index contributed by atoms with van der Waals surface area (Å²) in [7, 11) is 0. The maximum atomic E-state index is 4.65. The summed E-state index contributed by atoms with van der Waals surface area (Å²) in [5, 5.41) is 3.31. The second-order valence-corrected chi connectivity index (χ2v) is 5.41. The first-order valence-electron chi connectivity index (χ1n) is 7.22. The molecule has 1 aromatic carbocycles. The first-order valence-corrected chi connectivity index (χ1v) is 7.22. The highest BCUT2D eigenvalue weighted by Crippen LogP contribution is 2.23. The topological polar surface area (TPSA) is 37.8 Å². The molecule has 0 atom stereocenters. The molecule has 3 nitrogen and oxygen atoms in total. The van der Waals surface area contributed by atoms with Crippen molar-refractivity contribution in [2.24, 2.45) is 0 Å². The molecule has 20 heavy (non-hydrogen) atoms. The molecule has 0 saturated carbocycles. The zero-order valence-corrected chi connectivity index (χ0v) is 13.0. The van der Waals surface area contributed by atoms with Crippen molar-refractivity contribution in [1.29, 1.82) is 0 Å². The summed E-state index contributed by atoms with van der Waals surface area (Å²) in [6, 6.07) is 8.53. The van der Waals surface area contributed by atoms with E-state index in [1.165, 1.54) is 5.56 Å². The van der Waals surface area contributed by atoms with Crippen molar-refractivity contribution < 1.29 is 0 Å². The molecule has 0 aliphatic heterocycles. The molecular formula is C17H23N3. The van der Waals surface area contributed by atoms with Gasteiger partial charge in [-0.3, -0.25) is 0 Å². The van der Waals surface area contributed by atoms with Gasteiger partial charge in [-0.15, -0.1) is 0 Å². The van der Waals surface area contributed by atoms with Gasteiger partial charge in [-0.1, -0.05) is 38.1 Å². The van der Waals surface area contributed by atoms with Gasteiger partial charge in [0.25, 0.3) is 0 Å². The monoisotopic (exact) mass is 269 g/mol. The number of benzene rings is 1. The largest absolute Gasteiger partial charge is 0.370 e. The third-order valence-electron chi connectivity index (χ3n) is 3.57. The fourth-order valence-corrected chi connectivity index (χ4v) is 2.11. The van der Waals surface area contributed by atoms with Gasteiger partial charge in [0.1, 0.15) is 5.82 Å². The Morgan fingerprint density at radius 3 is 2.25 bits per heavy atom. The minimum Gasteiger partial charge on any atom is -0.370 e. The minimum atomic E-state index is 0.544. The van der Waals surface area contributed by atoms with Crippen LogP contribution in [-0.4, -0.2) is 16.5 Å². The molecule has 1 aromatic heterocycles. The van der Waals surface area contributed by atoms with Crippen molar-refractivity contribution in [2.75, 3.05) is 11.9 Å². The molecule has 0 bridgehead atoms. The van der Waals surface area contributed by atoms with Gasteiger partial charge in [-0.2, -0.15) is 0 Å². The third-order valence-corrected chi connectivity index (χ3v) is 3.57. The van der Waals surface area contributed by atoms with Gasteiger partial charge in [0, 0.05) is 23.4 Å². The molecule has 0 radical (unpaired) electrons. The van der Waals surface area contributed by atoms with E-state index in [9.17, 15) is 0 Å². The van der Waals surface area contributed by atoms with E-state index in [4.69, 9.17) is 0 Å². The lowest BCUT2D eigenvalue weighted by Crippen LogP contribution is -2.06. The average Bonchev–Trinajstić information content (AvgIpc) is 2.44. The quantitative estimate of drug-likeness (QED) is 0.898. The van der Waals surface area contributed by atoms with Gasteiger partial charge in [-0.05, 0) is 32.3 Å². The van der Waals surface area contributed by atoms with Gasteiger partial charge in [-0.25, -0.2) is 9.97 Å². The first kappa shape index (κ1) is 14.5. The zero-order valence-electron chi connectivity index (χ0n) is 13.0. The molecule has 2 rings (SSSR count). The van der Waals surface area contributed by atoms with E-state index in [2.05, 4.69) is 67.2 Å². The van der Waals surface area contributed by atoms with Crippen LogP contribution in [0.2, 0.25) is 0 Å². The van der Waals surface area contributed by atoms with Gasteiger partial charge in [0.2, 0.25) is 0 Å². The SMILES string of the molecule is CCNc1nc(-c2ccc(C(C)C)cc2)nc(C)c1C. The number of anilines is 1. The van der Waals surface area contributed by atoms with Crippen LogP contribution in [0.25, 0.3) is 11.4 Å². The standard InChI is InChI=1S/C17H23N3/c1-6-18-16-12(4)13(5)19-17(20-16)15-9-7-14(8-10-15)11(2)3/h7-11H,6H2,1-5H3,(H,18,19,20). The molecule has 0 saturated heterocycles. The number of aryl methyl sites for hydroxylation is 1. The highest BCUT2D eigenvalue weighted by Gasteiger charge is 2.09. The average molecular weight is 269 g/mol. The van der Waals surface area contributed by atoms with Crippen LogP contribution in [0.4, 0.5) is 5.82 Å². The van der Waals surface area contributed by atoms with Crippen LogP contribution in [0.5, 0.6) is 0 Å². The highest BCUT2D eigenvalue weighted by molar-refractivity contribution is 5.60. The Kier molecular flexibility index (Phi) is 4.38. The van der Waals surface area contributed by atoms with Gasteiger partial charge < -0.3 is 5.32 Å². The number of hydrogen-bond donors (Lipinski definition) is 1. The Hall–Kier alpha value is -1.90. The molecule has 1 heterocycles. The summed E-state index contributed by atoms with van der Waals surface area (Å²) in [5.74, 6) is 2.27. The molecule has 3 heteroatoms. The van der Waals surface area contributed by atoms with Crippen molar-refractivity contribution >= 4 is 5.82 Å². The van der Waals surface area contributed by atoms with Crippen molar-refractivity contribution in [3.05, 3.63) is 41.1 Å². The van der Waals surface area contributed by atoms with Crippen molar-refractivity contribution in [1.82, 2.24) is 9.97 Å². The van der Waals surface area contributed by atoms with Crippen LogP contribution in [0, 0.1) is 13.8 Å². The lowest BCUT2D eigenvalue weighted by atomic mass is 10.0. The molecule has 106 valence electrons. The van der Waals surface area contributed by atoms with E-state index in [1.807, 2.05) is 6.92 Å². The molecule has 0 fully saturated rings. The fourth-order valence-electron chi connectivity index (χ4n) is 2.11. The molecule has 0 spiro atoms. The van der Waals surface area contributed by atoms with Crippen LogP contribution in [0.15, 0.2) is 24.3 Å². The number of nitrogens with zero attached hydrogens (tertiary/aromatic N) is 2. The predicted molar refractivity (Wildman–Crippen MR) is 85.2 cm³/mol. The summed E-state index contributed by atoms with van der Waals surface area (Å²) in [4.78, 5) is 9.25. The molecule has 0 aliphatic rings. The Balaban J connectivity index is 2.41. The van der Waals surface area contributed by atoms with Crippen LogP contribution >= 0.6 is 0 Å². The normalized spacial score (nSPS) is 10.9. The summed E-state index contributed by atoms with van der Waals surface area (Å²) in [6.07, 6.45) is 0. The smallest absolute Gasteiger partial charge is 0.161 e. The minimum absolute atomic E-state index is 0.544. The number of aromatic nitrogens is 2. The Morgan fingerprint density at radius 2 is 1.70 bits per heavy atom. The van der Waals surface area contributed by atoms with Crippen LogP contribution in [-0.2, 0) is 0 Å². The van der Waals surface area contributed by atoms with Gasteiger partial charge >= 0.3 is 0 Å². The Bertz CT molecular complexity index is 586. The maximum Gasteiger partial charge on any atom is 0.161 e. The Morgan fingerprint density at radius 1 is 1.05 bits per heavy atom. The van der Waals surface area contributed by atoms with Crippen LogP contribution < -0.4 is 5.32 Å². The number of hydrogen-bond acceptors (Lipinski definition) is 3. The van der Waals surface area contributed by atoms with Crippen LogP contribution in [0.3, 0.4) is 0 Å². The molecular weight excluding hydrogens is 246 g/mol. The second-order valence-electron chi connectivity index (χ2n) is 5.41. The summed E-state index contributed by atoms with van der Waals surface area (Å²) in [5.41, 5.74) is 4.55. The fraction of sp³-hybridized carbons (Fsp3) is 0.412. The van der Waals surface area contributed by atoms with E-state index in [1.54, 1.807) is 0 Å². The lowest BCUT2D eigenvalue weighted by Gasteiger charge is -2.12. The molecule has 0 amide bonds. The third kappa shape index (κ3) is 2.98. The molecule has 0 aliphatic carbocycles. The van der Waals surface area contributed by atoms with Crippen LogP contribution in [0.1, 0.15) is 43.5 Å². The highest BCUT2D eigenvalue weighted by atomic mass is 15.0. The summed E-state index contributed by atoms with van der Waals surface area (Å²) < 4.78 is 0. The van der Waals surface area contributed by atoms with Crippen molar-refractivity contribution in [3.8, 4) is 11.4 Å². The second kappa shape index (κ2) is 6.04. The zero-order chi connectivity index (χ0) is 14.7. The van der Waals surface area contributed by atoms with E-state index in [-0.39, 0.29) is 0 Å². The predicted octanol–water partition coefficient (Wildman–Crippen LogP) is 4.32. The van der Waals surface area contributed by atoms with Gasteiger partial charge in [0.15, 0.2) is 5.82 Å². The molecule has 1 N–H and O–H groups in total. The number of nitrogens with one attached hydrogen (secondary N) is 1. The van der Waals surface area contributed by atoms with Crippen molar-refractivity contribution in [2.45, 2.75) is 40.5 Å². The van der Waals surface area contributed by atoms with Gasteiger partial charge in [0.05, 0.1) is 0 Å². The summed E-state index contributed by atoms with van der Waals surface area (Å²) in [6.45, 7) is 11.4. The number of rotatable bonds is 4. The maximum absolute atomic E-state index is 4.65. The molecule has 2 aromatic rings. The Labute approximate surface area is 121 Å². The van der Waals surface area contributed by atoms with E-state index in [0.29, 0.717) is 5.92 Å². The van der Waals surface area contributed by atoms with E-state index < -0.39 is 0 Å². The van der Waals surface area contributed by atoms with Crippen molar-refractivity contribution in [3.63, 3.8) is 0 Å². The summed E-state index contributed by atoms with van der Waals surface area (Å²) >= 11 is 0. The van der Waals surface area contributed by atoms with E-state index >= 15 is 0 Å². The lowest BCUT2D eigenvalue weighted by molar-refractivity contribution is 0.867.